The summed E-state index contributed by atoms with van der Waals surface area (Å²) in [6.07, 6.45) is 8.14. The maximum Gasteiger partial charge on any atom is 0.191 e. The van der Waals surface area contributed by atoms with Crippen molar-refractivity contribution in [3.8, 4) is 0 Å². The van der Waals surface area contributed by atoms with E-state index in [0.29, 0.717) is 5.69 Å². The second kappa shape index (κ2) is 8.22. The highest BCUT2D eigenvalue weighted by Crippen LogP contribution is 2.33. The molecule has 0 spiro atoms. The highest BCUT2D eigenvalue weighted by atomic mass is 32.2. The first-order valence-corrected chi connectivity index (χ1v) is 10.5. The Bertz CT molecular complexity index is 1000. The number of nitrogens with zero attached hydrogens (tertiary/aromatic N) is 5. The Morgan fingerprint density at radius 3 is 2.93 bits per heavy atom. The van der Waals surface area contributed by atoms with Crippen molar-refractivity contribution in [3.05, 3.63) is 65.0 Å². The molecule has 1 aliphatic rings. The molecule has 3 heterocycles. The fraction of sp³-hybridized carbons (Fsp3) is 0.381. The molecule has 3 aromatic rings. The highest BCUT2D eigenvalue weighted by molar-refractivity contribution is 7.99. The average Bonchev–Trinajstić information content (AvgIpc) is 3.12. The lowest BCUT2D eigenvalue weighted by Gasteiger charge is -2.15. The fourth-order valence-corrected chi connectivity index (χ4v) is 4.35. The van der Waals surface area contributed by atoms with Crippen molar-refractivity contribution in [3.63, 3.8) is 0 Å². The summed E-state index contributed by atoms with van der Waals surface area (Å²) in [5.74, 6) is 0.0200. The van der Waals surface area contributed by atoms with E-state index in [9.17, 15) is 4.79 Å². The zero-order valence-corrected chi connectivity index (χ0v) is 16.9. The van der Waals surface area contributed by atoms with E-state index in [1.165, 1.54) is 12.0 Å². The number of pyridine rings is 2. The first-order valence-electron chi connectivity index (χ1n) is 9.57. The Labute approximate surface area is 168 Å². The summed E-state index contributed by atoms with van der Waals surface area (Å²) in [5.41, 5.74) is 4.82. The van der Waals surface area contributed by atoms with E-state index < -0.39 is 0 Å². The van der Waals surface area contributed by atoms with E-state index >= 15 is 0 Å². The lowest BCUT2D eigenvalue weighted by molar-refractivity contribution is 0.0987. The molecule has 1 aliphatic carbocycles. The first kappa shape index (κ1) is 18.8. The standard InChI is InChI=1S/C21H23N5OS/c1-14(28-21-25-23-13-26(21)2)16-9-10-22-17(11-16)12-20(27)19-8-7-15-5-3-4-6-18(15)24-19/h7-11,13-14H,3-6,12H2,1-2H3/t14-/m0/s1. The van der Waals surface area contributed by atoms with Crippen LogP contribution in [0.5, 0.6) is 0 Å². The Kier molecular flexibility index (Phi) is 5.52. The smallest absolute Gasteiger partial charge is 0.191 e. The zero-order chi connectivity index (χ0) is 19.5. The molecule has 28 heavy (non-hydrogen) atoms. The molecule has 0 amide bonds. The number of hydrogen-bond donors (Lipinski definition) is 0. The molecule has 144 valence electrons. The molecular weight excluding hydrogens is 370 g/mol. The highest BCUT2D eigenvalue weighted by Gasteiger charge is 2.17. The van der Waals surface area contributed by atoms with Gasteiger partial charge in [-0.15, -0.1) is 10.2 Å². The summed E-state index contributed by atoms with van der Waals surface area (Å²) >= 11 is 1.63. The normalized spacial score (nSPS) is 14.5. The van der Waals surface area contributed by atoms with Gasteiger partial charge in [-0.2, -0.15) is 0 Å². The second-order valence-electron chi connectivity index (χ2n) is 7.17. The summed E-state index contributed by atoms with van der Waals surface area (Å²) < 4.78 is 1.90. The number of Topliss-reactive ketones (excluding diaryl/α,β-unsaturated/α-hetero) is 1. The van der Waals surface area contributed by atoms with Gasteiger partial charge in [0.2, 0.25) is 0 Å². The van der Waals surface area contributed by atoms with E-state index in [4.69, 9.17) is 0 Å². The SMILES string of the molecule is C[C@H](Sc1nncn1C)c1ccnc(CC(=O)c2ccc3c(n2)CCCC3)c1. The zero-order valence-electron chi connectivity index (χ0n) is 16.1. The van der Waals surface area contributed by atoms with Gasteiger partial charge in [0, 0.05) is 29.9 Å². The van der Waals surface area contributed by atoms with Gasteiger partial charge >= 0.3 is 0 Å². The topological polar surface area (TPSA) is 73.6 Å². The van der Waals surface area contributed by atoms with Crippen LogP contribution in [0.25, 0.3) is 0 Å². The molecule has 0 N–H and O–H groups in total. The van der Waals surface area contributed by atoms with Gasteiger partial charge in [0.15, 0.2) is 10.9 Å². The number of carbonyl (C=O) groups excluding carboxylic acids is 1. The van der Waals surface area contributed by atoms with Crippen molar-refractivity contribution in [2.24, 2.45) is 7.05 Å². The van der Waals surface area contributed by atoms with Gasteiger partial charge < -0.3 is 4.57 Å². The fourth-order valence-electron chi connectivity index (χ4n) is 3.44. The molecule has 0 aliphatic heterocycles. The van der Waals surface area contributed by atoms with Gasteiger partial charge in [-0.05, 0) is 61.9 Å². The Morgan fingerprint density at radius 1 is 1.25 bits per heavy atom. The van der Waals surface area contributed by atoms with Crippen LogP contribution in [-0.2, 0) is 26.3 Å². The number of aryl methyl sites for hydroxylation is 3. The van der Waals surface area contributed by atoms with Crippen LogP contribution >= 0.6 is 11.8 Å². The molecule has 0 saturated heterocycles. The van der Waals surface area contributed by atoms with Gasteiger partial charge in [0.25, 0.3) is 0 Å². The maximum atomic E-state index is 12.8. The van der Waals surface area contributed by atoms with Crippen LogP contribution in [0, 0.1) is 0 Å². The number of hydrogen-bond acceptors (Lipinski definition) is 6. The van der Waals surface area contributed by atoms with Crippen molar-refractivity contribution in [2.45, 2.75) is 49.4 Å². The van der Waals surface area contributed by atoms with Crippen molar-refractivity contribution in [2.75, 3.05) is 0 Å². The summed E-state index contributed by atoms with van der Waals surface area (Å²) in [6.45, 7) is 2.12. The third kappa shape index (κ3) is 4.14. The first-order chi connectivity index (χ1) is 13.6. The molecule has 0 unspecified atom stereocenters. The van der Waals surface area contributed by atoms with E-state index in [1.807, 2.05) is 29.8 Å². The average molecular weight is 394 g/mol. The number of aromatic nitrogens is 5. The van der Waals surface area contributed by atoms with Crippen LogP contribution in [0.15, 0.2) is 41.9 Å². The molecule has 4 rings (SSSR count). The molecule has 0 fully saturated rings. The van der Waals surface area contributed by atoms with Gasteiger partial charge in [0.1, 0.15) is 12.0 Å². The molecule has 0 aromatic carbocycles. The third-order valence-corrected chi connectivity index (χ3v) is 6.27. The van der Waals surface area contributed by atoms with Gasteiger partial charge in [0.05, 0.1) is 6.42 Å². The summed E-state index contributed by atoms with van der Waals surface area (Å²) in [4.78, 5) is 21.8. The van der Waals surface area contributed by atoms with E-state index in [1.54, 1.807) is 24.3 Å². The van der Waals surface area contributed by atoms with Crippen molar-refractivity contribution >= 4 is 17.5 Å². The monoisotopic (exact) mass is 393 g/mol. The lowest BCUT2D eigenvalue weighted by atomic mass is 9.95. The Morgan fingerprint density at radius 2 is 2.11 bits per heavy atom. The Balaban J connectivity index is 1.47. The van der Waals surface area contributed by atoms with Gasteiger partial charge in [-0.1, -0.05) is 17.8 Å². The second-order valence-corrected chi connectivity index (χ2v) is 8.48. The predicted molar refractivity (Wildman–Crippen MR) is 108 cm³/mol. The van der Waals surface area contributed by atoms with Crippen LogP contribution in [0.4, 0.5) is 0 Å². The molecule has 0 saturated carbocycles. The van der Waals surface area contributed by atoms with Gasteiger partial charge in [-0.3, -0.25) is 9.78 Å². The summed E-state index contributed by atoms with van der Waals surface area (Å²) in [6, 6.07) is 7.92. The number of thioether (sulfide) groups is 1. The molecule has 3 aromatic heterocycles. The van der Waals surface area contributed by atoms with Crippen molar-refractivity contribution < 1.29 is 4.79 Å². The molecule has 0 radical (unpaired) electrons. The van der Waals surface area contributed by atoms with Crippen LogP contribution < -0.4 is 0 Å². The third-order valence-electron chi connectivity index (χ3n) is 5.07. The predicted octanol–water partition coefficient (Wildman–Crippen LogP) is 3.76. The van der Waals surface area contributed by atoms with Crippen LogP contribution in [0.1, 0.15) is 58.0 Å². The van der Waals surface area contributed by atoms with E-state index in [2.05, 4.69) is 33.2 Å². The van der Waals surface area contributed by atoms with E-state index in [-0.39, 0.29) is 17.5 Å². The summed E-state index contributed by atoms with van der Waals surface area (Å²) in [5, 5.41) is 9.09. The minimum atomic E-state index is 0.0200. The molecule has 0 bridgehead atoms. The largest absolute Gasteiger partial charge is 0.312 e. The Hall–Kier alpha value is -2.54. The number of ketones is 1. The molecular formula is C21H23N5OS. The molecule has 6 nitrogen and oxygen atoms in total. The van der Waals surface area contributed by atoms with Crippen molar-refractivity contribution in [1.29, 1.82) is 0 Å². The minimum absolute atomic E-state index is 0.0200. The molecule has 7 heteroatoms. The van der Waals surface area contributed by atoms with Crippen LogP contribution in [-0.4, -0.2) is 30.5 Å². The van der Waals surface area contributed by atoms with Crippen LogP contribution in [0.3, 0.4) is 0 Å². The van der Waals surface area contributed by atoms with Gasteiger partial charge in [-0.25, -0.2) is 4.98 Å². The maximum absolute atomic E-state index is 12.8. The van der Waals surface area contributed by atoms with E-state index in [0.717, 1.165) is 41.4 Å². The number of fused-ring (bicyclic) bond motifs is 1. The quantitative estimate of drug-likeness (QED) is 0.469. The number of rotatable bonds is 6. The minimum Gasteiger partial charge on any atom is -0.312 e. The molecule has 1 atom stereocenters. The lowest BCUT2D eigenvalue weighted by Crippen LogP contribution is -2.12. The summed E-state index contributed by atoms with van der Waals surface area (Å²) in [7, 11) is 1.93. The number of carbonyl (C=O) groups is 1. The van der Waals surface area contributed by atoms with Crippen LogP contribution in [0.2, 0.25) is 0 Å². The van der Waals surface area contributed by atoms with Crippen molar-refractivity contribution in [1.82, 2.24) is 24.7 Å².